The van der Waals surface area contributed by atoms with Crippen molar-refractivity contribution < 1.29 is 4.42 Å². The highest BCUT2D eigenvalue weighted by molar-refractivity contribution is 7.26. The van der Waals surface area contributed by atoms with Crippen molar-refractivity contribution in [3.05, 3.63) is 151 Å². The summed E-state index contributed by atoms with van der Waals surface area (Å²) in [6, 6.07) is 53.0. The Balaban J connectivity index is 1.19. The second-order valence-electron chi connectivity index (χ2n) is 17.7. The molecule has 8 aromatic carbocycles. The number of thiophene rings is 2. The van der Waals surface area contributed by atoms with Gasteiger partial charge in [0.05, 0.1) is 11.0 Å². The standard InChI is InChI=1S/C53H35BN2OS2/c1-28-21-38-34-22-36-32-12-6-9-15-46(32)58-48(36)26-42(34)56(30-19-17-29(18-20-30)53(2,3)4)54-40-24-37-33-13-7-10-16-47(33)59-49(37)27-43(40)55-41-25-45-35(31-11-5-8-14-44(31)57-45)23-39(41)50(28)52(55)51(38)54/h5-27H,1-4H3. The van der Waals surface area contributed by atoms with E-state index in [1.807, 2.05) is 22.7 Å². The van der Waals surface area contributed by atoms with Crippen LogP contribution in [-0.2, 0) is 5.41 Å². The van der Waals surface area contributed by atoms with E-state index in [2.05, 4.69) is 177 Å². The third kappa shape index (κ3) is 4.18. The van der Waals surface area contributed by atoms with Crippen LogP contribution in [0.5, 0.6) is 0 Å². The molecule has 2 aliphatic heterocycles. The van der Waals surface area contributed by atoms with Crippen molar-refractivity contribution in [3.8, 4) is 16.8 Å². The van der Waals surface area contributed by atoms with Crippen LogP contribution < -0.4 is 15.7 Å². The van der Waals surface area contributed by atoms with Crippen LogP contribution in [0.1, 0.15) is 31.9 Å². The molecule has 59 heavy (non-hydrogen) atoms. The van der Waals surface area contributed by atoms with Crippen LogP contribution >= 0.6 is 22.7 Å². The van der Waals surface area contributed by atoms with E-state index in [-0.39, 0.29) is 12.3 Å². The highest BCUT2D eigenvalue weighted by Gasteiger charge is 2.45. The molecule has 12 aromatic rings. The summed E-state index contributed by atoms with van der Waals surface area (Å²) >= 11 is 3.80. The maximum Gasteiger partial charge on any atom is 0.333 e. The van der Waals surface area contributed by atoms with E-state index in [4.69, 9.17) is 4.42 Å². The number of nitrogens with zero attached hydrogens (tertiary/aromatic N) is 2. The monoisotopic (exact) mass is 790 g/mol. The molecule has 6 heterocycles. The Morgan fingerprint density at radius 3 is 1.93 bits per heavy atom. The SMILES string of the molecule is Cc1cc2c3c4c1c1cc5c(cc1n4-c1cc4sc6ccccc6c4cc1B3N(c1ccc(C(C)(C)C)cc1)c1cc3sc4ccccc4c3cc1-2)oc1ccccc15. The molecule has 278 valence electrons. The van der Waals surface area contributed by atoms with Gasteiger partial charge in [0.15, 0.2) is 0 Å². The predicted molar refractivity (Wildman–Crippen MR) is 256 cm³/mol. The first-order valence-electron chi connectivity index (χ1n) is 20.5. The number of hydrogen-bond donors (Lipinski definition) is 0. The molecule has 0 amide bonds. The van der Waals surface area contributed by atoms with Crippen LogP contribution in [0.2, 0.25) is 0 Å². The number of para-hydroxylation sites is 1. The lowest BCUT2D eigenvalue weighted by Crippen LogP contribution is -2.60. The molecule has 2 aliphatic rings. The first-order chi connectivity index (χ1) is 28.8. The first-order valence-corrected chi connectivity index (χ1v) is 22.2. The number of fused-ring (bicyclic) bond motifs is 17. The summed E-state index contributed by atoms with van der Waals surface area (Å²) in [5.41, 5.74) is 16.1. The smallest absolute Gasteiger partial charge is 0.333 e. The van der Waals surface area contributed by atoms with Gasteiger partial charge in [-0.05, 0) is 94.6 Å². The number of anilines is 2. The van der Waals surface area contributed by atoms with E-state index >= 15 is 0 Å². The number of benzene rings is 8. The van der Waals surface area contributed by atoms with Gasteiger partial charge in [0, 0.05) is 90.6 Å². The largest absolute Gasteiger partial charge is 0.456 e. The van der Waals surface area contributed by atoms with E-state index in [0.29, 0.717) is 0 Å². The van der Waals surface area contributed by atoms with Gasteiger partial charge in [0.25, 0.3) is 0 Å². The molecule has 0 N–H and O–H groups in total. The van der Waals surface area contributed by atoms with Gasteiger partial charge in [-0.1, -0.05) is 99.6 Å². The zero-order chi connectivity index (χ0) is 39.1. The van der Waals surface area contributed by atoms with Gasteiger partial charge in [0.2, 0.25) is 0 Å². The molecule has 0 unspecified atom stereocenters. The van der Waals surface area contributed by atoms with Crippen molar-refractivity contribution in [1.82, 2.24) is 4.57 Å². The fraction of sp³-hybridized carbons (Fsp3) is 0.0943. The van der Waals surface area contributed by atoms with Crippen LogP contribution in [0.3, 0.4) is 0 Å². The lowest BCUT2D eigenvalue weighted by Gasteiger charge is -2.42. The quantitative estimate of drug-likeness (QED) is 0.154. The number of rotatable bonds is 1. The van der Waals surface area contributed by atoms with Crippen LogP contribution in [0.25, 0.3) is 101 Å². The zero-order valence-electron chi connectivity index (χ0n) is 33.0. The van der Waals surface area contributed by atoms with Crippen molar-refractivity contribution in [2.24, 2.45) is 0 Å². The summed E-state index contributed by atoms with van der Waals surface area (Å²) < 4.78 is 14.5. The average molecular weight is 791 g/mol. The Kier molecular flexibility index (Phi) is 6.09. The summed E-state index contributed by atoms with van der Waals surface area (Å²) in [5.74, 6) is 0. The highest BCUT2D eigenvalue weighted by atomic mass is 32.1. The van der Waals surface area contributed by atoms with E-state index in [9.17, 15) is 0 Å². The van der Waals surface area contributed by atoms with Gasteiger partial charge in [-0.3, -0.25) is 0 Å². The van der Waals surface area contributed by atoms with E-state index in [1.165, 1.54) is 112 Å². The first kappa shape index (κ1) is 32.6. The maximum atomic E-state index is 6.61. The normalized spacial score (nSPS) is 13.7. The third-order valence-electron chi connectivity index (χ3n) is 13.4. The molecule has 0 radical (unpaired) electrons. The predicted octanol–water partition coefficient (Wildman–Crippen LogP) is 14.3. The number of aromatic nitrogens is 1. The summed E-state index contributed by atoms with van der Waals surface area (Å²) in [6.07, 6.45) is 0. The molecule has 14 rings (SSSR count). The molecular formula is C53H35BN2OS2. The second kappa shape index (κ2) is 11.0. The minimum atomic E-state index is -0.0633. The number of furan rings is 1. The Hall–Kier alpha value is -6.34. The lowest BCUT2D eigenvalue weighted by molar-refractivity contribution is 0.590. The van der Waals surface area contributed by atoms with Crippen LogP contribution in [0.15, 0.2) is 144 Å². The van der Waals surface area contributed by atoms with Crippen LogP contribution in [0, 0.1) is 6.92 Å². The van der Waals surface area contributed by atoms with Gasteiger partial charge in [-0.25, -0.2) is 0 Å². The molecule has 0 saturated carbocycles. The minimum absolute atomic E-state index is 0.0480. The third-order valence-corrected chi connectivity index (χ3v) is 15.7. The Morgan fingerprint density at radius 2 is 1.20 bits per heavy atom. The fourth-order valence-electron chi connectivity index (χ4n) is 10.7. The van der Waals surface area contributed by atoms with Crippen molar-refractivity contribution in [3.63, 3.8) is 0 Å². The Bertz CT molecular complexity index is 3850. The zero-order valence-corrected chi connectivity index (χ0v) is 34.6. The molecule has 4 aromatic heterocycles. The maximum absolute atomic E-state index is 6.61. The van der Waals surface area contributed by atoms with E-state index < -0.39 is 0 Å². The van der Waals surface area contributed by atoms with Gasteiger partial charge < -0.3 is 13.8 Å². The Labute approximate surface area is 348 Å². The number of hydrogen-bond acceptors (Lipinski definition) is 4. The van der Waals surface area contributed by atoms with Crippen molar-refractivity contribution in [1.29, 1.82) is 0 Å². The second-order valence-corrected chi connectivity index (χ2v) is 19.9. The van der Waals surface area contributed by atoms with E-state index in [1.54, 1.807) is 0 Å². The summed E-state index contributed by atoms with van der Waals surface area (Å²) in [7, 11) is 0. The molecule has 0 aliphatic carbocycles. The topological polar surface area (TPSA) is 21.3 Å². The lowest BCUT2D eigenvalue weighted by atomic mass is 9.43. The summed E-state index contributed by atoms with van der Waals surface area (Å²) in [4.78, 5) is 2.68. The number of aryl methyl sites for hydroxylation is 1. The van der Waals surface area contributed by atoms with Gasteiger partial charge in [-0.15, -0.1) is 22.7 Å². The van der Waals surface area contributed by atoms with Gasteiger partial charge in [0.1, 0.15) is 11.2 Å². The summed E-state index contributed by atoms with van der Waals surface area (Å²) in [6.45, 7) is 9.17. The van der Waals surface area contributed by atoms with E-state index in [0.717, 1.165) is 21.9 Å². The van der Waals surface area contributed by atoms with Crippen molar-refractivity contribution >= 4 is 136 Å². The molecular weight excluding hydrogens is 756 g/mol. The molecule has 0 bridgehead atoms. The fourth-order valence-corrected chi connectivity index (χ4v) is 13.0. The Morgan fingerprint density at radius 1 is 0.542 bits per heavy atom. The molecule has 6 heteroatoms. The van der Waals surface area contributed by atoms with Gasteiger partial charge >= 0.3 is 6.85 Å². The molecule has 0 atom stereocenters. The van der Waals surface area contributed by atoms with Crippen molar-refractivity contribution in [2.45, 2.75) is 33.1 Å². The average Bonchev–Trinajstić information content (AvgIpc) is 3.99. The van der Waals surface area contributed by atoms with Gasteiger partial charge in [-0.2, -0.15) is 0 Å². The minimum Gasteiger partial charge on any atom is -0.456 e. The van der Waals surface area contributed by atoms with Crippen molar-refractivity contribution in [2.75, 3.05) is 4.81 Å². The molecule has 0 fully saturated rings. The molecule has 0 saturated heterocycles. The molecule has 0 spiro atoms. The summed E-state index contributed by atoms with van der Waals surface area (Å²) in [5, 5.41) is 10.2. The highest BCUT2D eigenvalue weighted by Crippen LogP contribution is 2.50. The van der Waals surface area contributed by atoms with Crippen LogP contribution in [-0.4, -0.2) is 11.4 Å². The van der Waals surface area contributed by atoms with Crippen LogP contribution in [0.4, 0.5) is 11.4 Å². The molecule has 3 nitrogen and oxygen atoms in total.